The van der Waals surface area contributed by atoms with E-state index in [-0.39, 0.29) is 0 Å². The van der Waals surface area contributed by atoms with E-state index >= 15 is 0 Å². The van der Waals surface area contributed by atoms with Crippen LogP contribution in [-0.4, -0.2) is 21.5 Å². The van der Waals surface area contributed by atoms with E-state index in [0.717, 1.165) is 19.6 Å². The standard InChI is InChI=1S/C9H11BrN4S/c10-9-5-8(7-15-9)6-11-1-3-14-4-2-12-13-14/h2,4-5,7,11H,1,3,6H2. The summed E-state index contributed by atoms with van der Waals surface area (Å²) < 4.78 is 2.99. The Balaban J connectivity index is 1.67. The molecular weight excluding hydrogens is 276 g/mol. The van der Waals surface area contributed by atoms with Crippen molar-refractivity contribution in [3.8, 4) is 0 Å². The molecule has 80 valence electrons. The number of hydrogen-bond acceptors (Lipinski definition) is 4. The van der Waals surface area contributed by atoms with Crippen molar-refractivity contribution < 1.29 is 0 Å². The van der Waals surface area contributed by atoms with E-state index in [9.17, 15) is 0 Å². The summed E-state index contributed by atoms with van der Waals surface area (Å²) in [5, 5.41) is 13.1. The van der Waals surface area contributed by atoms with Crippen LogP contribution in [0.3, 0.4) is 0 Å². The number of hydrogen-bond donors (Lipinski definition) is 1. The molecule has 0 aromatic carbocycles. The van der Waals surface area contributed by atoms with Crippen molar-refractivity contribution in [2.45, 2.75) is 13.1 Å². The average molecular weight is 287 g/mol. The van der Waals surface area contributed by atoms with Gasteiger partial charge in [-0.3, -0.25) is 4.68 Å². The summed E-state index contributed by atoms with van der Waals surface area (Å²) >= 11 is 5.15. The van der Waals surface area contributed by atoms with Crippen LogP contribution in [0.15, 0.2) is 27.6 Å². The van der Waals surface area contributed by atoms with Gasteiger partial charge >= 0.3 is 0 Å². The van der Waals surface area contributed by atoms with Gasteiger partial charge in [0.05, 0.1) is 16.5 Å². The second-order valence-corrected chi connectivity index (χ2v) is 5.39. The highest BCUT2D eigenvalue weighted by atomic mass is 79.9. The van der Waals surface area contributed by atoms with Gasteiger partial charge in [-0.15, -0.1) is 16.4 Å². The van der Waals surface area contributed by atoms with Crippen LogP contribution in [0.2, 0.25) is 0 Å². The Labute approximate surface area is 100 Å². The van der Waals surface area contributed by atoms with E-state index in [1.807, 2.05) is 10.9 Å². The quantitative estimate of drug-likeness (QED) is 0.854. The lowest BCUT2D eigenvalue weighted by molar-refractivity contribution is 0.540. The Bertz CT molecular complexity index is 398. The monoisotopic (exact) mass is 286 g/mol. The van der Waals surface area contributed by atoms with E-state index < -0.39 is 0 Å². The number of nitrogens with one attached hydrogen (secondary N) is 1. The third-order valence-electron chi connectivity index (χ3n) is 1.94. The number of nitrogens with zero attached hydrogens (tertiary/aromatic N) is 3. The molecule has 15 heavy (non-hydrogen) atoms. The van der Waals surface area contributed by atoms with Gasteiger partial charge in [-0.1, -0.05) is 5.21 Å². The van der Waals surface area contributed by atoms with Gasteiger partial charge in [-0.05, 0) is 32.9 Å². The van der Waals surface area contributed by atoms with E-state index in [0.29, 0.717) is 0 Å². The van der Waals surface area contributed by atoms with Crippen molar-refractivity contribution in [2.24, 2.45) is 0 Å². The summed E-state index contributed by atoms with van der Waals surface area (Å²) in [5.74, 6) is 0. The normalized spacial score (nSPS) is 10.7. The first-order valence-electron chi connectivity index (χ1n) is 4.62. The highest BCUT2D eigenvalue weighted by Crippen LogP contribution is 2.20. The van der Waals surface area contributed by atoms with E-state index in [4.69, 9.17) is 0 Å². The van der Waals surface area contributed by atoms with Crippen LogP contribution in [0.4, 0.5) is 0 Å². The minimum absolute atomic E-state index is 0.852. The van der Waals surface area contributed by atoms with Gasteiger partial charge in [0.1, 0.15) is 0 Å². The highest BCUT2D eigenvalue weighted by molar-refractivity contribution is 9.11. The summed E-state index contributed by atoms with van der Waals surface area (Å²) in [6.45, 7) is 2.65. The van der Waals surface area contributed by atoms with Gasteiger partial charge in [0.15, 0.2) is 0 Å². The second-order valence-electron chi connectivity index (χ2n) is 3.10. The lowest BCUT2D eigenvalue weighted by atomic mass is 10.3. The minimum Gasteiger partial charge on any atom is -0.311 e. The van der Waals surface area contributed by atoms with Crippen molar-refractivity contribution >= 4 is 27.3 Å². The zero-order valence-electron chi connectivity index (χ0n) is 8.06. The fourth-order valence-electron chi connectivity index (χ4n) is 1.22. The third kappa shape index (κ3) is 3.40. The molecule has 2 rings (SSSR count). The molecule has 2 aromatic rings. The fraction of sp³-hybridized carbons (Fsp3) is 0.333. The second kappa shape index (κ2) is 5.39. The molecular formula is C9H11BrN4S. The Kier molecular flexibility index (Phi) is 3.87. The molecule has 0 spiro atoms. The van der Waals surface area contributed by atoms with Crippen LogP contribution >= 0.6 is 27.3 Å². The first-order chi connectivity index (χ1) is 7.34. The third-order valence-corrected chi connectivity index (χ3v) is 3.49. The topological polar surface area (TPSA) is 42.7 Å². The maximum atomic E-state index is 3.89. The summed E-state index contributed by atoms with van der Waals surface area (Å²) in [6, 6.07) is 2.13. The van der Waals surface area contributed by atoms with Crippen LogP contribution < -0.4 is 5.32 Å². The summed E-state index contributed by atoms with van der Waals surface area (Å²) in [4.78, 5) is 0. The number of rotatable bonds is 5. The Morgan fingerprint density at radius 2 is 2.47 bits per heavy atom. The number of aromatic nitrogens is 3. The zero-order chi connectivity index (χ0) is 10.5. The van der Waals surface area contributed by atoms with Crippen molar-refractivity contribution in [3.63, 3.8) is 0 Å². The van der Waals surface area contributed by atoms with Crippen molar-refractivity contribution in [3.05, 3.63) is 33.2 Å². The number of halogens is 1. The maximum absolute atomic E-state index is 3.89. The highest BCUT2D eigenvalue weighted by Gasteiger charge is 1.96. The molecule has 0 amide bonds. The van der Waals surface area contributed by atoms with Crippen molar-refractivity contribution in [2.75, 3.05) is 6.54 Å². The fourth-order valence-corrected chi connectivity index (χ4v) is 2.43. The van der Waals surface area contributed by atoms with Gasteiger partial charge < -0.3 is 5.32 Å². The van der Waals surface area contributed by atoms with Crippen LogP contribution in [0.25, 0.3) is 0 Å². The molecule has 0 bridgehead atoms. The maximum Gasteiger partial charge on any atom is 0.0701 e. The van der Waals surface area contributed by atoms with E-state index in [2.05, 4.69) is 43.0 Å². The first kappa shape index (κ1) is 10.8. The lowest BCUT2D eigenvalue weighted by Crippen LogP contribution is -2.19. The van der Waals surface area contributed by atoms with E-state index in [1.54, 1.807) is 17.5 Å². The van der Waals surface area contributed by atoms with Crippen molar-refractivity contribution in [1.29, 1.82) is 0 Å². The predicted octanol–water partition coefficient (Wildman–Crippen LogP) is 1.89. The number of thiophene rings is 1. The molecule has 0 radical (unpaired) electrons. The van der Waals surface area contributed by atoms with Gasteiger partial charge in [0.2, 0.25) is 0 Å². The van der Waals surface area contributed by atoms with Crippen LogP contribution in [0.5, 0.6) is 0 Å². The molecule has 0 aliphatic rings. The van der Waals surface area contributed by atoms with Crippen molar-refractivity contribution in [1.82, 2.24) is 20.3 Å². The Hall–Kier alpha value is -0.720. The largest absolute Gasteiger partial charge is 0.311 e. The minimum atomic E-state index is 0.852. The van der Waals surface area contributed by atoms with Gasteiger partial charge in [-0.2, -0.15) is 0 Å². The molecule has 0 fully saturated rings. The Morgan fingerprint density at radius 3 is 3.13 bits per heavy atom. The average Bonchev–Trinajstić information content (AvgIpc) is 2.84. The van der Waals surface area contributed by atoms with Gasteiger partial charge in [-0.25, -0.2) is 0 Å². The Morgan fingerprint density at radius 1 is 1.53 bits per heavy atom. The van der Waals surface area contributed by atoms with Crippen LogP contribution in [0, 0.1) is 0 Å². The predicted molar refractivity (Wildman–Crippen MR) is 63.7 cm³/mol. The lowest BCUT2D eigenvalue weighted by Gasteiger charge is -2.02. The smallest absolute Gasteiger partial charge is 0.0701 e. The molecule has 0 aliphatic heterocycles. The van der Waals surface area contributed by atoms with Crippen LogP contribution in [-0.2, 0) is 13.1 Å². The molecule has 0 atom stereocenters. The summed E-state index contributed by atoms with van der Waals surface area (Å²) in [5.41, 5.74) is 1.31. The SMILES string of the molecule is Brc1cc(CNCCn2ccnn2)cs1. The molecule has 1 N–H and O–H groups in total. The summed E-state index contributed by atoms with van der Waals surface area (Å²) in [6.07, 6.45) is 3.55. The molecule has 0 saturated heterocycles. The van der Waals surface area contributed by atoms with E-state index in [1.165, 1.54) is 9.35 Å². The zero-order valence-corrected chi connectivity index (χ0v) is 10.5. The molecule has 6 heteroatoms. The molecule has 2 aromatic heterocycles. The summed E-state index contributed by atoms with van der Waals surface area (Å²) in [7, 11) is 0. The van der Waals surface area contributed by atoms with Gasteiger partial charge in [0, 0.05) is 19.3 Å². The van der Waals surface area contributed by atoms with Gasteiger partial charge in [0.25, 0.3) is 0 Å². The van der Waals surface area contributed by atoms with Crippen LogP contribution in [0.1, 0.15) is 5.56 Å². The molecule has 0 aliphatic carbocycles. The molecule has 2 heterocycles. The molecule has 0 unspecified atom stereocenters. The molecule has 4 nitrogen and oxygen atoms in total. The first-order valence-corrected chi connectivity index (χ1v) is 6.29. The molecule has 0 saturated carbocycles.